The van der Waals surface area contributed by atoms with Crippen molar-refractivity contribution in [3.05, 3.63) is 65.5 Å². The number of benzene rings is 2. The Kier molecular flexibility index (Phi) is 6.20. The van der Waals surface area contributed by atoms with E-state index in [2.05, 4.69) is 15.5 Å². The molecule has 0 saturated carbocycles. The minimum absolute atomic E-state index is 0.0439. The van der Waals surface area contributed by atoms with Crippen LogP contribution in [0.3, 0.4) is 0 Å². The zero-order valence-electron chi connectivity index (χ0n) is 15.6. The molecule has 3 aromatic rings. The first-order chi connectivity index (χ1) is 13.1. The van der Waals surface area contributed by atoms with E-state index in [1.807, 2.05) is 62.4 Å². The minimum atomic E-state index is -0.0439. The zero-order valence-corrected chi connectivity index (χ0v) is 15.6. The van der Waals surface area contributed by atoms with Crippen LogP contribution in [0, 0.1) is 6.92 Å². The van der Waals surface area contributed by atoms with Gasteiger partial charge in [-0.25, -0.2) is 0 Å². The number of nitrogens with zero attached hydrogens (tertiary/aromatic N) is 2. The number of hydrogen-bond donors (Lipinski definition) is 1. The van der Waals surface area contributed by atoms with Gasteiger partial charge in [0.2, 0.25) is 17.7 Å². The molecular formula is C21H23N3O3. The molecule has 2 aromatic carbocycles. The molecule has 1 heterocycles. The van der Waals surface area contributed by atoms with Crippen molar-refractivity contribution in [3.63, 3.8) is 0 Å². The summed E-state index contributed by atoms with van der Waals surface area (Å²) < 4.78 is 11.1. The number of carbonyl (C=O) groups is 1. The molecule has 0 atom stereocenters. The molecule has 0 aliphatic rings. The molecule has 0 radical (unpaired) electrons. The Morgan fingerprint density at radius 1 is 1.15 bits per heavy atom. The van der Waals surface area contributed by atoms with Crippen LogP contribution in [0.25, 0.3) is 11.5 Å². The number of aromatic nitrogens is 2. The van der Waals surface area contributed by atoms with E-state index < -0.39 is 0 Å². The van der Waals surface area contributed by atoms with Gasteiger partial charge in [-0.15, -0.1) is 10.2 Å². The molecule has 6 nitrogen and oxygen atoms in total. The van der Waals surface area contributed by atoms with E-state index in [9.17, 15) is 4.79 Å². The van der Waals surface area contributed by atoms with Gasteiger partial charge in [0.05, 0.1) is 13.0 Å². The Balaban J connectivity index is 1.46. The third-order valence-corrected chi connectivity index (χ3v) is 3.99. The van der Waals surface area contributed by atoms with Gasteiger partial charge in [-0.05, 0) is 43.7 Å². The van der Waals surface area contributed by atoms with Crippen LogP contribution < -0.4 is 10.1 Å². The second-order valence-electron chi connectivity index (χ2n) is 6.22. The molecule has 1 aromatic heterocycles. The minimum Gasteiger partial charge on any atom is -0.494 e. The fourth-order valence-electron chi connectivity index (χ4n) is 2.68. The first-order valence-corrected chi connectivity index (χ1v) is 9.02. The van der Waals surface area contributed by atoms with E-state index in [1.165, 1.54) is 0 Å². The van der Waals surface area contributed by atoms with Gasteiger partial charge in [0.25, 0.3) is 0 Å². The summed E-state index contributed by atoms with van der Waals surface area (Å²) in [7, 11) is 0. The van der Waals surface area contributed by atoms with Crippen molar-refractivity contribution in [1.29, 1.82) is 0 Å². The third-order valence-electron chi connectivity index (χ3n) is 3.99. The highest BCUT2D eigenvalue weighted by atomic mass is 16.5. The molecule has 27 heavy (non-hydrogen) atoms. The first-order valence-electron chi connectivity index (χ1n) is 9.02. The summed E-state index contributed by atoms with van der Waals surface area (Å²) in [5.41, 5.74) is 2.97. The molecule has 1 amide bonds. The topological polar surface area (TPSA) is 77.2 Å². The highest BCUT2D eigenvalue weighted by Crippen LogP contribution is 2.18. The normalized spacial score (nSPS) is 10.6. The average Bonchev–Trinajstić information content (AvgIpc) is 3.13. The third kappa shape index (κ3) is 5.41. The second kappa shape index (κ2) is 8.98. The van der Waals surface area contributed by atoms with E-state index in [1.54, 1.807) is 0 Å². The maximum absolute atomic E-state index is 12.1. The van der Waals surface area contributed by atoms with Crippen molar-refractivity contribution < 1.29 is 13.9 Å². The predicted octanol–water partition coefficient (Wildman–Crippen LogP) is 3.35. The number of nitrogens with one attached hydrogen (secondary N) is 1. The van der Waals surface area contributed by atoms with E-state index in [0.29, 0.717) is 37.8 Å². The molecule has 0 saturated heterocycles. The lowest BCUT2D eigenvalue weighted by molar-refractivity contribution is -0.120. The SMILES string of the molecule is CCOc1ccc(CC(=O)NCCc2nnc(-c3cccc(C)c3)o2)cc1. The van der Waals surface area contributed by atoms with Crippen LogP contribution in [0.1, 0.15) is 23.9 Å². The van der Waals surface area contributed by atoms with Crippen LogP contribution in [0.2, 0.25) is 0 Å². The average molecular weight is 365 g/mol. The van der Waals surface area contributed by atoms with Crippen LogP contribution in [0.5, 0.6) is 5.75 Å². The highest BCUT2D eigenvalue weighted by Gasteiger charge is 2.09. The molecule has 0 unspecified atom stereocenters. The molecule has 6 heteroatoms. The van der Waals surface area contributed by atoms with Crippen LogP contribution in [-0.4, -0.2) is 29.3 Å². The van der Waals surface area contributed by atoms with Crippen molar-refractivity contribution in [2.75, 3.05) is 13.2 Å². The number of rotatable bonds is 8. The molecule has 0 bridgehead atoms. The van der Waals surface area contributed by atoms with Gasteiger partial charge in [-0.2, -0.15) is 0 Å². The predicted molar refractivity (Wildman–Crippen MR) is 102 cm³/mol. The molecular weight excluding hydrogens is 342 g/mol. The lowest BCUT2D eigenvalue weighted by Gasteiger charge is -2.06. The molecule has 0 aliphatic carbocycles. The van der Waals surface area contributed by atoms with Gasteiger partial charge in [0.1, 0.15) is 5.75 Å². The number of amides is 1. The smallest absolute Gasteiger partial charge is 0.247 e. The van der Waals surface area contributed by atoms with Crippen molar-refractivity contribution in [2.45, 2.75) is 26.7 Å². The van der Waals surface area contributed by atoms with Gasteiger partial charge in [-0.3, -0.25) is 4.79 Å². The van der Waals surface area contributed by atoms with Gasteiger partial charge in [0, 0.05) is 18.5 Å². The molecule has 140 valence electrons. The van der Waals surface area contributed by atoms with Crippen molar-refractivity contribution in [2.24, 2.45) is 0 Å². The van der Waals surface area contributed by atoms with Crippen molar-refractivity contribution in [1.82, 2.24) is 15.5 Å². The Bertz CT molecular complexity index is 888. The van der Waals surface area contributed by atoms with Crippen LogP contribution >= 0.6 is 0 Å². The second-order valence-corrected chi connectivity index (χ2v) is 6.22. The molecule has 0 fully saturated rings. The summed E-state index contributed by atoms with van der Waals surface area (Å²) in [6.45, 7) is 5.03. The summed E-state index contributed by atoms with van der Waals surface area (Å²) in [5.74, 6) is 1.77. The van der Waals surface area contributed by atoms with E-state index in [4.69, 9.17) is 9.15 Å². The van der Waals surface area contributed by atoms with Crippen LogP contribution in [0.15, 0.2) is 52.9 Å². The number of hydrogen-bond acceptors (Lipinski definition) is 5. The standard InChI is InChI=1S/C21H23N3O3/c1-3-26-18-9-7-16(8-10-18)14-19(25)22-12-11-20-23-24-21(27-20)17-6-4-5-15(2)13-17/h4-10,13H,3,11-12,14H2,1-2H3,(H,22,25). The maximum atomic E-state index is 12.1. The summed E-state index contributed by atoms with van der Waals surface area (Å²) in [6.07, 6.45) is 0.818. The Labute approximate surface area is 158 Å². The lowest BCUT2D eigenvalue weighted by atomic mass is 10.1. The molecule has 0 aliphatic heterocycles. The quantitative estimate of drug-likeness (QED) is 0.662. The number of aryl methyl sites for hydroxylation is 1. The summed E-state index contributed by atoms with van der Waals surface area (Å²) in [6, 6.07) is 15.4. The van der Waals surface area contributed by atoms with Crippen molar-refractivity contribution in [3.8, 4) is 17.2 Å². The van der Waals surface area contributed by atoms with Crippen LogP contribution in [-0.2, 0) is 17.6 Å². The Hall–Kier alpha value is -3.15. The summed E-state index contributed by atoms with van der Waals surface area (Å²) in [4.78, 5) is 12.1. The fraction of sp³-hybridized carbons (Fsp3) is 0.286. The van der Waals surface area contributed by atoms with Crippen LogP contribution in [0.4, 0.5) is 0 Å². The largest absolute Gasteiger partial charge is 0.494 e. The highest BCUT2D eigenvalue weighted by molar-refractivity contribution is 5.78. The monoisotopic (exact) mass is 365 g/mol. The molecule has 1 N–H and O–H groups in total. The molecule has 3 rings (SSSR count). The fourth-order valence-corrected chi connectivity index (χ4v) is 2.68. The Morgan fingerprint density at radius 2 is 1.96 bits per heavy atom. The maximum Gasteiger partial charge on any atom is 0.247 e. The Morgan fingerprint density at radius 3 is 2.70 bits per heavy atom. The van der Waals surface area contributed by atoms with Gasteiger partial charge in [0.15, 0.2) is 0 Å². The van der Waals surface area contributed by atoms with E-state index in [-0.39, 0.29) is 5.91 Å². The zero-order chi connectivity index (χ0) is 19.1. The van der Waals surface area contributed by atoms with E-state index in [0.717, 1.165) is 22.4 Å². The van der Waals surface area contributed by atoms with Gasteiger partial charge in [-0.1, -0.05) is 29.8 Å². The number of ether oxygens (including phenoxy) is 1. The summed E-state index contributed by atoms with van der Waals surface area (Å²) in [5, 5.41) is 11.0. The molecule has 0 spiro atoms. The summed E-state index contributed by atoms with van der Waals surface area (Å²) >= 11 is 0. The van der Waals surface area contributed by atoms with Gasteiger partial charge >= 0.3 is 0 Å². The lowest BCUT2D eigenvalue weighted by Crippen LogP contribution is -2.27. The first kappa shape index (κ1) is 18.6. The van der Waals surface area contributed by atoms with E-state index >= 15 is 0 Å². The number of carbonyl (C=O) groups excluding carboxylic acids is 1. The van der Waals surface area contributed by atoms with Crippen molar-refractivity contribution >= 4 is 5.91 Å². The van der Waals surface area contributed by atoms with Gasteiger partial charge < -0.3 is 14.5 Å².